The van der Waals surface area contributed by atoms with Crippen LogP contribution in [-0.4, -0.2) is 40.1 Å². The van der Waals surface area contributed by atoms with E-state index in [0.29, 0.717) is 5.56 Å². The number of hydrogen-bond donors (Lipinski definition) is 1. The monoisotopic (exact) mass is 452 g/mol. The number of hydrogen-bond acceptors (Lipinski definition) is 5. The van der Waals surface area contributed by atoms with E-state index in [0.717, 1.165) is 24.3 Å². The third kappa shape index (κ3) is 4.98. The minimum Gasteiger partial charge on any atom is -0.481 e. The minimum atomic E-state index is -4.50. The molecule has 2 atom stereocenters. The Kier molecular flexibility index (Phi) is 6.11. The number of nitro groups is 1. The third-order valence-corrected chi connectivity index (χ3v) is 5.41. The number of nitro benzene ring substituents is 1. The third-order valence-electron chi connectivity index (χ3n) is 5.41. The highest BCUT2D eigenvalue weighted by Gasteiger charge is 2.44. The fraction of sp³-hybridized carbons (Fsp3) is 0.333. The molecule has 0 bridgehead atoms. The van der Waals surface area contributed by atoms with E-state index in [1.807, 2.05) is 0 Å². The van der Waals surface area contributed by atoms with Gasteiger partial charge in [0.2, 0.25) is 0 Å². The van der Waals surface area contributed by atoms with Gasteiger partial charge in [-0.3, -0.25) is 14.9 Å². The minimum absolute atomic E-state index is 0.0364. The summed E-state index contributed by atoms with van der Waals surface area (Å²) in [7, 11) is 0. The molecule has 1 amide bonds. The van der Waals surface area contributed by atoms with Crippen LogP contribution >= 0.6 is 0 Å². The second-order valence-electron chi connectivity index (χ2n) is 7.89. The van der Waals surface area contributed by atoms with E-state index in [2.05, 4.69) is 0 Å². The lowest BCUT2D eigenvalue weighted by molar-refractivity contribution is -0.384. The van der Waals surface area contributed by atoms with E-state index in [9.17, 15) is 38.0 Å². The lowest BCUT2D eigenvalue weighted by Crippen LogP contribution is -2.51. The summed E-state index contributed by atoms with van der Waals surface area (Å²) in [4.78, 5) is 35.9. The van der Waals surface area contributed by atoms with Crippen molar-refractivity contribution < 1.29 is 37.5 Å². The molecule has 8 nitrogen and oxygen atoms in total. The van der Waals surface area contributed by atoms with Crippen molar-refractivity contribution in [2.75, 3.05) is 13.1 Å². The van der Waals surface area contributed by atoms with Gasteiger partial charge < -0.3 is 14.7 Å². The van der Waals surface area contributed by atoms with Gasteiger partial charge in [0.1, 0.15) is 5.75 Å². The van der Waals surface area contributed by atoms with Crippen molar-refractivity contribution >= 4 is 17.7 Å². The Morgan fingerprint density at radius 2 is 1.75 bits per heavy atom. The number of alkyl halides is 3. The Labute approximate surface area is 180 Å². The largest absolute Gasteiger partial charge is 0.481 e. The first-order valence-corrected chi connectivity index (χ1v) is 9.51. The van der Waals surface area contributed by atoms with Crippen LogP contribution in [0.15, 0.2) is 48.5 Å². The lowest BCUT2D eigenvalue weighted by Gasteiger charge is -2.41. The van der Waals surface area contributed by atoms with E-state index < -0.39 is 40.1 Å². The van der Waals surface area contributed by atoms with E-state index in [-0.39, 0.29) is 30.9 Å². The number of aliphatic carboxylic acids is 1. The summed E-state index contributed by atoms with van der Waals surface area (Å²) in [5.74, 6) is -1.65. The molecule has 0 spiro atoms. The summed E-state index contributed by atoms with van der Waals surface area (Å²) in [6.07, 6.45) is -5.24. The SMILES string of the molecule is CC1(C(=O)O)CC(c2ccc(C(F)(F)F)cc2)CN(C(=O)Oc2ccc([N+](=O)[O-])cc2)C1. The zero-order valence-electron chi connectivity index (χ0n) is 16.8. The van der Waals surface area contributed by atoms with Crippen LogP contribution in [0.3, 0.4) is 0 Å². The molecule has 1 aliphatic heterocycles. The van der Waals surface area contributed by atoms with Crippen molar-refractivity contribution in [1.29, 1.82) is 0 Å². The Morgan fingerprint density at radius 3 is 2.25 bits per heavy atom. The number of halogens is 3. The number of rotatable bonds is 4. The van der Waals surface area contributed by atoms with Gasteiger partial charge >= 0.3 is 18.2 Å². The van der Waals surface area contributed by atoms with Crippen molar-refractivity contribution in [3.05, 3.63) is 69.8 Å². The zero-order valence-corrected chi connectivity index (χ0v) is 16.8. The van der Waals surface area contributed by atoms with Crippen molar-refractivity contribution in [3.8, 4) is 5.75 Å². The number of carboxylic acid groups (broad SMARTS) is 1. The molecule has 11 heteroatoms. The molecule has 1 fully saturated rings. The summed E-state index contributed by atoms with van der Waals surface area (Å²) in [6, 6.07) is 9.19. The zero-order chi connectivity index (χ0) is 23.7. The van der Waals surface area contributed by atoms with Crippen LogP contribution in [0.5, 0.6) is 5.75 Å². The van der Waals surface area contributed by atoms with Crippen molar-refractivity contribution in [2.45, 2.75) is 25.4 Å². The molecule has 0 saturated carbocycles. The molecule has 2 aromatic rings. The predicted molar refractivity (Wildman–Crippen MR) is 105 cm³/mol. The number of non-ortho nitro benzene ring substituents is 1. The fourth-order valence-corrected chi connectivity index (χ4v) is 3.69. The number of piperidine rings is 1. The average Bonchev–Trinajstić information content (AvgIpc) is 2.73. The molecule has 32 heavy (non-hydrogen) atoms. The Morgan fingerprint density at radius 1 is 1.16 bits per heavy atom. The van der Waals surface area contributed by atoms with Crippen molar-refractivity contribution in [1.82, 2.24) is 4.90 Å². The van der Waals surface area contributed by atoms with Gasteiger partial charge in [0.15, 0.2) is 0 Å². The number of likely N-dealkylation sites (tertiary alicyclic amines) is 1. The molecule has 2 unspecified atom stereocenters. The van der Waals surface area contributed by atoms with Crippen LogP contribution in [0.4, 0.5) is 23.7 Å². The lowest BCUT2D eigenvalue weighted by atomic mass is 9.74. The highest BCUT2D eigenvalue weighted by molar-refractivity contribution is 5.77. The molecular weight excluding hydrogens is 433 g/mol. The topological polar surface area (TPSA) is 110 Å². The molecule has 0 radical (unpaired) electrons. The normalized spacial score (nSPS) is 21.1. The average molecular weight is 452 g/mol. The molecule has 2 aromatic carbocycles. The van der Waals surface area contributed by atoms with E-state index in [1.165, 1.54) is 36.1 Å². The van der Waals surface area contributed by atoms with E-state index in [1.54, 1.807) is 0 Å². The smallest absolute Gasteiger partial charge is 0.416 e. The molecule has 1 N–H and O–H groups in total. The van der Waals surface area contributed by atoms with Gasteiger partial charge in [-0.25, -0.2) is 4.79 Å². The Hall–Kier alpha value is -3.63. The number of nitrogens with zero attached hydrogens (tertiary/aromatic N) is 2. The molecule has 0 aromatic heterocycles. The van der Waals surface area contributed by atoms with Crippen molar-refractivity contribution in [3.63, 3.8) is 0 Å². The van der Waals surface area contributed by atoms with Gasteiger partial charge in [-0.15, -0.1) is 0 Å². The number of carboxylic acids is 1. The van der Waals surface area contributed by atoms with Gasteiger partial charge in [0, 0.05) is 31.1 Å². The van der Waals surface area contributed by atoms with Crippen molar-refractivity contribution in [2.24, 2.45) is 5.41 Å². The Balaban J connectivity index is 1.81. The van der Waals surface area contributed by atoms with Crippen LogP contribution in [0, 0.1) is 15.5 Å². The van der Waals surface area contributed by atoms with E-state index >= 15 is 0 Å². The predicted octanol–water partition coefficient (Wildman–Crippen LogP) is 4.69. The summed E-state index contributed by atoms with van der Waals surface area (Å²) in [5.41, 5.74) is -1.89. The molecule has 1 heterocycles. The number of ether oxygens (including phenoxy) is 1. The number of amides is 1. The number of carbonyl (C=O) groups is 2. The van der Waals surface area contributed by atoms with Gasteiger partial charge in [-0.1, -0.05) is 12.1 Å². The summed E-state index contributed by atoms with van der Waals surface area (Å²) >= 11 is 0. The van der Waals surface area contributed by atoms with Crippen LogP contribution in [0.1, 0.15) is 30.4 Å². The Bertz CT molecular complexity index is 1020. The molecular formula is C21H19F3N2O6. The molecule has 1 aliphatic rings. The number of carbonyl (C=O) groups excluding carboxylic acids is 1. The van der Waals surface area contributed by atoms with Gasteiger partial charge in [-0.05, 0) is 43.2 Å². The first kappa shape index (κ1) is 23.0. The fourth-order valence-electron chi connectivity index (χ4n) is 3.69. The highest BCUT2D eigenvalue weighted by atomic mass is 19.4. The molecule has 0 aliphatic carbocycles. The summed E-state index contributed by atoms with van der Waals surface area (Å²) in [6.45, 7) is 1.34. The second-order valence-corrected chi connectivity index (χ2v) is 7.89. The quantitative estimate of drug-likeness (QED) is 0.532. The van der Waals surface area contributed by atoms with Crippen LogP contribution < -0.4 is 4.74 Å². The maximum atomic E-state index is 12.9. The first-order valence-electron chi connectivity index (χ1n) is 9.51. The van der Waals surface area contributed by atoms with Gasteiger partial charge in [-0.2, -0.15) is 13.2 Å². The van der Waals surface area contributed by atoms with Gasteiger partial charge in [0.25, 0.3) is 5.69 Å². The number of benzene rings is 2. The van der Waals surface area contributed by atoms with Crippen LogP contribution in [0.2, 0.25) is 0 Å². The standard InChI is InChI=1S/C21H19F3N2O6/c1-20(18(27)28)10-14(13-2-4-15(5-3-13)21(22,23)24)11-25(12-20)19(29)32-17-8-6-16(7-9-17)26(30)31/h2-9,14H,10-12H2,1H3,(H,27,28). The highest BCUT2D eigenvalue weighted by Crippen LogP contribution is 2.39. The summed E-state index contributed by atoms with van der Waals surface area (Å²) < 4.78 is 43.8. The second kappa shape index (κ2) is 8.48. The molecule has 3 rings (SSSR count). The van der Waals surface area contributed by atoms with E-state index in [4.69, 9.17) is 4.74 Å². The maximum Gasteiger partial charge on any atom is 0.416 e. The first-order chi connectivity index (χ1) is 14.9. The summed E-state index contributed by atoms with van der Waals surface area (Å²) in [5, 5.41) is 20.4. The van der Waals surface area contributed by atoms with Crippen LogP contribution in [0.25, 0.3) is 0 Å². The molecule has 170 valence electrons. The van der Waals surface area contributed by atoms with Crippen LogP contribution in [-0.2, 0) is 11.0 Å². The molecule has 1 saturated heterocycles. The maximum absolute atomic E-state index is 12.9. The van der Waals surface area contributed by atoms with Gasteiger partial charge in [0.05, 0.1) is 15.9 Å².